The van der Waals surface area contributed by atoms with E-state index in [1.807, 2.05) is 0 Å². The predicted octanol–water partition coefficient (Wildman–Crippen LogP) is 1.40. The van der Waals surface area contributed by atoms with E-state index in [1.165, 1.54) is 0 Å². The molecule has 14 heavy (non-hydrogen) atoms. The third-order valence-electron chi connectivity index (χ3n) is 2.67. The summed E-state index contributed by atoms with van der Waals surface area (Å²) in [5.74, 6) is 1.12. The first kappa shape index (κ1) is 12.1. The molecule has 3 nitrogen and oxygen atoms in total. The molecule has 3 atom stereocenters. The normalized spacial score (nSPS) is 34.4. The minimum atomic E-state index is -0.902. The standard InChI is InChI=1S/C10H20O3S/c1-10(2,3)8-5-13-9(6-12-4)14(11)7-8/h8-9H,5-7H2,1-4H3/t8-,9-,14?/m0/s1. The van der Waals surface area contributed by atoms with Crippen molar-refractivity contribution >= 4 is 10.8 Å². The molecule has 1 aliphatic rings. The summed E-state index contributed by atoms with van der Waals surface area (Å²) in [6.45, 7) is 7.62. The van der Waals surface area contributed by atoms with Crippen LogP contribution in [0.1, 0.15) is 20.8 Å². The maximum absolute atomic E-state index is 11.7. The van der Waals surface area contributed by atoms with E-state index >= 15 is 0 Å². The first-order valence-corrected chi connectivity index (χ1v) is 6.31. The molecule has 0 bridgehead atoms. The van der Waals surface area contributed by atoms with Gasteiger partial charge in [0.15, 0.2) is 5.44 Å². The van der Waals surface area contributed by atoms with Crippen molar-refractivity contribution in [2.45, 2.75) is 26.2 Å². The van der Waals surface area contributed by atoms with Gasteiger partial charge in [-0.1, -0.05) is 20.8 Å². The monoisotopic (exact) mass is 220 g/mol. The fourth-order valence-corrected chi connectivity index (χ4v) is 3.14. The Morgan fingerprint density at radius 3 is 2.57 bits per heavy atom. The minimum absolute atomic E-state index is 0.174. The second-order valence-corrected chi connectivity index (χ2v) is 6.45. The number of methoxy groups -OCH3 is 1. The van der Waals surface area contributed by atoms with Crippen LogP contribution in [0.25, 0.3) is 0 Å². The summed E-state index contributed by atoms with van der Waals surface area (Å²) in [5, 5.41) is 0. The Bertz CT molecular complexity index is 210. The van der Waals surface area contributed by atoms with Crippen LogP contribution in [0.2, 0.25) is 0 Å². The SMILES string of the molecule is COC[C@H]1OC[C@H](C(C)(C)C)CS1=O. The lowest BCUT2D eigenvalue weighted by molar-refractivity contribution is 0.00135. The van der Waals surface area contributed by atoms with Crippen molar-refractivity contribution in [1.29, 1.82) is 0 Å². The van der Waals surface area contributed by atoms with Gasteiger partial charge >= 0.3 is 0 Å². The predicted molar refractivity (Wildman–Crippen MR) is 57.6 cm³/mol. The molecule has 1 fully saturated rings. The van der Waals surface area contributed by atoms with Crippen molar-refractivity contribution in [3.05, 3.63) is 0 Å². The van der Waals surface area contributed by atoms with Crippen molar-refractivity contribution in [2.24, 2.45) is 11.3 Å². The summed E-state index contributed by atoms with van der Waals surface area (Å²) in [7, 11) is 0.706. The Morgan fingerprint density at radius 1 is 1.50 bits per heavy atom. The van der Waals surface area contributed by atoms with E-state index in [0.717, 1.165) is 5.75 Å². The van der Waals surface area contributed by atoms with Gasteiger partial charge in [0.25, 0.3) is 0 Å². The van der Waals surface area contributed by atoms with E-state index in [0.29, 0.717) is 19.1 Å². The van der Waals surface area contributed by atoms with Crippen LogP contribution >= 0.6 is 0 Å². The topological polar surface area (TPSA) is 35.5 Å². The Kier molecular flexibility index (Phi) is 4.10. The van der Waals surface area contributed by atoms with Gasteiger partial charge in [0.05, 0.1) is 24.0 Å². The molecule has 0 aromatic carbocycles. The molecule has 0 aromatic rings. The van der Waals surface area contributed by atoms with E-state index in [2.05, 4.69) is 20.8 Å². The second-order valence-electron chi connectivity index (χ2n) is 4.83. The van der Waals surface area contributed by atoms with Gasteiger partial charge in [0.2, 0.25) is 0 Å². The Morgan fingerprint density at radius 2 is 2.14 bits per heavy atom. The molecule has 1 rings (SSSR count). The van der Waals surface area contributed by atoms with Gasteiger partial charge in [0.1, 0.15) is 0 Å². The summed E-state index contributed by atoms with van der Waals surface area (Å²) in [5.41, 5.74) is -0.0492. The lowest BCUT2D eigenvalue weighted by Gasteiger charge is -2.36. The zero-order chi connectivity index (χ0) is 10.8. The highest BCUT2D eigenvalue weighted by Crippen LogP contribution is 2.30. The largest absolute Gasteiger partial charge is 0.381 e. The summed E-state index contributed by atoms with van der Waals surface area (Å²) >= 11 is 0. The van der Waals surface area contributed by atoms with E-state index in [4.69, 9.17) is 9.47 Å². The van der Waals surface area contributed by atoms with Crippen molar-refractivity contribution < 1.29 is 13.7 Å². The lowest BCUT2D eigenvalue weighted by Crippen LogP contribution is -2.42. The van der Waals surface area contributed by atoms with Crippen LogP contribution in [0.4, 0.5) is 0 Å². The molecule has 0 radical (unpaired) electrons. The molecular formula is C10H20O3S. The molecule has 0 aliphatic carbocycles. The molecule has 4 heteroatoms. The van der Waals surface area contributed by atoms with Gasteiger partial charge in [-0.05, 0) is 11.3 Å². The van der Waals surface area contributed by atoms with E-state index in [-0.39, 0.29) is 10.9 Å². The molecule has 1 aliphatic heterocycles. The van der Waals surface area contributed by atoms with Crippen LogP contribution < -0.4 is 0 Å². The molecule has 0 amide bonds. The van der Waals surface area contributed by atoms with Crippen molar-refractivity contribution in [2.75, 3.05) is 26.1 Å². The van der Waals surface area contributed by atoms with Gasteiger partial charge < -0.3 is 9.47 Å². The molecule has 0 saturated carbocycles. The fourth-order valence-electron chi connectivity index (χ4n) is 1.41. The van der Waals surface area contributed by atoms with Gasteiger partial charge in [-0.15, -0.1) is 0 Å². The molecule has 1 heterocycles. The lowest BCUT2D eigenvalue weighted by atomic mass is 9.82. The summed E-state index contributed by atoms with van der Waals surface area (Å²) in [4.78, 5) is 0. The van der Waals surface area contributed by atoms with Crippen LogP contribution in [-0.4, -0.2) is 35.7 Å². The highest BCUT2D eigenvalue weighted by atomic mass is 32.2. The molecular weight excluding hydrogens is 200 g/mol. The number of hydrogen-bond donors (Lipinski definition) is 0. The molecule has 0 spiro atoms. The number of ether oxygens (including phenoxy) is 2. The van der Waals surface area contributed by atoms with Gasteiger partial charge in [-0.25, -0.2) is 0 Å². The third-order valence-corrected chi connectivity index (χ3v) is 4.26. The Labute approximate surface area is 88.6 Å². The van der Waals surface area contributed by atoms with Crippen LogP contribution in [0.3, 0.4) is 0 Å². The average Bonchev–Trinajstić information content (AvgIpc) is 2.07. The maximum atomic E-state index is 11.7. The quantitative estimate of drug-likeness (QED) is 0.705. The Balaban J connectivity index is 2.51. The van der Waals surface area contributed by atoms with Gasteiger partial charge in [-0.3, -0.25) is 4.21 Å². The van der Waals surface area contributed by atoms with Crippen molar-refractivity contribution in [3.63, 3.8) is 0 Å². The first-order chi connectivity index (χ1) is 6.45. The van der Waals surface area contributed by atoms with E-state index in [1.54, 1.807) is 7.11 Å². The van der Waals surface area contributed by atoms with Crippen LogP contribution in [0.5, 0.6) is 0 Å². The van der Waals surface area contributed by atoms with E-state index < -0.39 is 10.8 Å². The van der Waals surface area contributed by atoms with E-state index in [9.17, 15) is 4.21 Å². The molecule has 1 unspecified atom stereocenters. The van der Waals surface area contributed by atoms with Crippen molar-refractivity contribution in [3.8, 4) is 0 Å². The summed E-state index contributed by atoms with van der Waals surface area (Å²) in [6, 6.07) is 0. The third kappa shape index (κ3) is 3.04. The smallest absolute Gasteiger partial charge is 0.155 e. The summed E-state index contributed by atoms with van der Waals surface area (Å²) in [6.07, 6.45) is 0. The van der Waals surface area contributed by atoms with Crippen LogP contribution in [-0.2, 0) is 20.3 Å². The highest BCUT2D eigenvalue weighted by molar-refractivity contribution is 7.85. The summed E-state index contributed by atoms with van der Waals surface area (Å²) < 4.78 is 22.2. The molecule has 0 N–H and O–H groups in total. The first-order valence-electron chi connectivity index (χ1n) is 4.93. The van der Waals surface area contributed by atoms with Gasteiger partial charge in [-0.2, -0.15) is 0 Å². The van der Waals surface area contributed by atoms with Crippen molar-refractivity contribution in [1.82, 2.24) is 0 Å². The Hall–Kier alpha value is 0.0700. The van der Waals surface area contributed by atoms with Crippen LogP contribution in [0, 0.1) is 11.3 Å². The highest BCUT2D eigenvalue weighted by Gasteiger charge is 2.34. The molecule has 0 aromatic heterocycles. The minimum Gasteiger partial charge on any atom is -0.381 e. The molecule has 1 saturated heterocycles. The zero-order valence-corrected chi connectivity index (χ0v) is 10.2. The van der Waals surface area contributed by atoms with Gasteiger partial charge in [0, 0.05) is 12.9 Å². The van der Waals surface area contributed by atoms with Crippen LogP contribution in [0.15, 0.2) is 0 Å². The zero-order valence-electron chi connectivity index (χ0n) is 9.41. The number of rotatable bonds is 2. The molecule has 84 valence electrons. The average molecular weight is 220 g/mol. The second kappa shape index (κ2) is 4.73. The maximum Gasteiger partial charge on any atom is 0.155 e. The number of hydrogen-bond acceptors (Lipinski definition) is 3. The fraction of sp³-hybridized carbons (Fsp3) is 1.00.